The monoisotopic (exact) mass is 746 g/mol. The van der Waals surface area contributed by atoms with Gasteiger partial charge in [0, 0.05) is 27.2 Å². The fourth-order valence-corrected chi connectivity index (χ4v) is 13.2. The minimum Gasteiger partial charge on any atom is -0.455 e. The van der Waals surface area contributed by atoms with E-state index in [2.05, 4.69) is 203 Å². The number of fused-ring (bicyclic) bond motifs is 2. The van der Waals surface area contributed by atoms with Crippen LogP contribution in [-0.4, -0.2) is 0 Å². The van der Waals surface area contributed by atoms with Crippen LogP contribution in [0.15, 0.2) is 133 Å². The SMILES string of the molecule is CCc1ccccc1[P@](c1ccccc1)c1cc(C(C)(C)C)cc2c1Oc1c([P@@](c3ccccc3)c3ccccc3CC)cc(C(C)(C)C)cc1C2(C)C. The summed E-state index contributed by atoms with van der Waals surface area (Å²) in [6.07, 6.45) is 1.96. The lowest BCUT2D eigenvalue weighted by atomic mass is 9.72. The van der Waals surface area contributed by atoms with Crippen LogP contribution in [-0.2, 0) is 29.1 Å². The molecule has 0 N–H and O–H groups in total. The summed E-state index contributed by atoms with van der Waals surface area (Å²) < 4.78 is 7.74. The van der Waals surface area contributed by atoms with E-state index in [-0.39, 0.29) is 16.2 Å². The summed E-state index contributed by atoms with van der Waals surface area (Å²) in [4.78, 5) is 0. The zero-order chi connectivity index (χ0) is 38.4. The zero-order valence-corrected chi connectivity index (χ0v) is 35.7. The average Bonchev–Trinajstić information content (AvgIpc) is 3.16. The van der Waals surface area contributed by atoms with Gasteiger partial charge in [-0.1, -0.05) is 191 Å². The van der Waals surface area contributed by atoms with Crippen molar-refractivity contribution in [2.75, 3.05) is 0 Å². The third kappa shape index (κ3) is 7.12. The lowest BCUT2D eigenvalue weighted by Crippen LogP contribution is -2.35. The average molecular weight is 747 g/mol. The van der Waals surface area contributed by atoms with Crippen molar-refractivity contribution in [3.63, 3.8) is 0 Å². The Morgan fingerprint density at radius 3 is 1.17 bits per heavy atom. The fraction of sp³-hybridized carbons (Fsp3) is 0.294. The van der Waals surface area contributed by atoms with Crippen molar-refractivity contribution in [3.8, 4) is 11.5 Å². The number of ether oxygens (including phenoxy) is 1. The molecule has 0 aliphatic carbocycles. The topological polar surface area (TPSA) is 9.23 Å². The highest BCUT2D eigenvalue weighted by atomic mass is 31.1. The van der Waals surface area contributed by atoms with Crippen molar-refractivity contribution in [1.29, 1.82) is 0 Å². The van der Waals surface area contributed by atoms with E-state index in [0.717, 1.165) is 24.3 Å². The summed E-state index contributed by atoms with van der Waals surface area (Å²) in [5.41, 5.74) is 7.65. The molecule has 1 heterocycles. The Bertz CT molecular complexity index is 2110. The third-order valence-corrected chi connectivity index (χ3v) is 16.3. The number of rotatable bonds is 8. The minimum atomic E-state index is -0.946. The van der Waals surface area contributed by atoms with Crippen LogP contribution in [0.3, 0.4) is 0 Å². The normalized spacial score (nSPS) is 14.8. The third-order valence-electron chi connectivity index (χ3n) is 11.2. The molecule has 0 saturated carbocycles. The molecule has 7 rings (SSSR count). The molecular weight excluding hydrogens is 691 g/mol. The lowest BCUT2D eigenvalue weighted by molar-refractivity contribution is 0.421. The molecule has 6 aromatic carbocycles. The molecule has 3 heteroatoms. The Labute approximate surface area is 327 Å². The minimum absolute atomic E-state index is 0.0496. The molecule has 0 aromatic heterocycles. The molecule has 0 radical (unpaired) electrons. The summed E-state index contributed by atoms with van der Waals surface area (Å²) in [5.74, 6) is 2.08. The lowest BCUT2D eigenvalue weighted by Gasteiger charge is -2.41. The van der Waals surface area contributed by atoms with Gasteiger partial charge in [-0.15, -0.1) is 0 Å². The van der Waals surface area contributed by atoms with E-state index < -0.39 is 15.8 Å². The van der Waals surface area contributed by atoms with Crippen LogP contribution in [0.4, 0.5) is 0 Å². The Balaban J connectivity index is 1.59. The summed E-state index contributed by atoms with van der Waals surface area (Å²) in [5, 5.41) is 8.13. The van der Waals surface area contributed by atoms with Gasteiger partial charge in [0.1, 0.15) is 11.5 Å². The van der Waals surface area contributed by atoms with Gasteiger partial charge in [-0.2, -0.15) is 0 Å². The van der Waals surface area contributed by atoms with Crippen LogP contribution in [0.1, 0.15) is 103 Å². The molecule has 54 heavy (non-hydrogen) atoms. The second-order valence-electron chi connectivity index (χ2n) is 17.3. The fourth-order valence-electron chi connectivity index (χ4n) is 7.84. The van der Waals surface area contributed by atoms with Crippen molar-refractivity contribution in [1.82, 2.24) is 0 Å². The smallest absolute Gasteiger partial charge is 0.139 e. The van der Waals surface area contributed by atoms with Gasteiger partial charge in [-0.3, -0.25) is 0 Å². The molecule has 0 unspecified atom stereocenters. The van der Waals surface area contributed by atoms with Crippen molar-refractivity contribution >= 4 is 47.7 Å². The van der Waals surface area contributed by atoms with Gasteiger partial charge in [0.2, 0.25) is 0 Å². The Morgan fingerprint density at radius 2 is 0.815 bits per heavy atom. The predicted molar refractivity (Wildman–Crippen MR) is 239 cm³/mol. The Kier molecular flexibility index (Phi) is 10.6. The first kappa shape index (κ1) is 38.3. The predicted octanol–water partition coefficient (Wildman–Crippen LogP) is 11.4. The number of hydrogen-bond donors (Lipinski definition) is 0. The second kappa shape index (κ2) is 14.9. The summed E-state index contributed by atoms with van der Waals surface area (Å²) in [6.45, 7) is 23.5. The number of hydrogen-bond acceptors (Lipinski definition) is 1. The van der Waals surface area contributed by atoms with E-state index in [4.69, 9.17) is 4.74 Å². The van der Waals surface area contributed by atoms with Gasteiger partial charge in [-0.05, 0) is 95.1 Å². The first-order valence-corrected chi connectivity index (χ1v) is 22.3. The molecule has 0 spiro atoms. The maximum atomic E-state index is 7.74. The van der Waals surface area contributed by atoms with E-state index in [1.165, 1.54) is 65.2 Å². The van der Waals surface area contributed by atoms with E-state index in [0.29, 0.717) is 0 Å². The van der Waals surface area contributed by atoms with Crippen LogP contribution >= 0.6 is 15.8 Å². The van der Waals surface area contributed by atoms with Gasteiger partial charge < -0.3 is 4.74 Å². The second-order valence-corrected chi connectivity index (χ2v) is 21.6. The van der Waals surface area contributed by atoms with Crippen molar-refractivity contribution < 1.29 is 4.74 Å². The van der Waals surface area contributed by atoms with Crippen LogP contribution in [0.2, 0.25) is 0 Å². The maximum absolute atomic E-state index is 7.74. The zero-order valence-electron chi connectivity index (χ0n) is 33.9. The van der Waals surface area contributed by atoms with Crippen LogP contribution in [0.5, 0.6) is 11.5 Å². The Hall–Kier alpha value is -4.02. The molecule has 1 nitrogen and oxygen atoms in total. The van der Waals surface area contributed by atoms with Crippen LogP contribution < -0.4 is 36.6 Å². The highest BCUT2D eigenvalue weighted by Gasteiger charge is 2.42. The maximum Gasteiger partial charge on any atom is 0.139 e. The standard InChI is InChI=1S/C51H56OP2/c1-11-35-23-19-21-29-43(35)53(39-25-15-13-16-26-39)45-33-37(49(3,4)5)31-41-47(45)52-48-42(51(41,9)10)32-38(50(6,7)8)34-46(48)54(40-27-17-14-18-28-40)44-30-22-20-24-36(44)12-2/h13-34H,11-12H2,1-10H3/t53-,54-/m0/s1. The van der Waals surface area contributed by atoms with Crippen molar-refractivity contribution in [2.45, 2.75) is 98.3 Å². The molecule has 6 aromatic rings. The molecule has 1 aliphatic heterocycles. The highest BCUT2D eigenvalue weighted by Crippen LogP contribution is 2.54. The molecule has 0 saturated heterocycles. The first-order valence-electron chi connectivity index (χ1n) is 19.7. The molecule has 0 bridgehead atoms. The molecule has 2 atom stereocenters. The van der Waals surface area contributed by atoms with Crippen LogP contribution in [0.25, 0.3) is 0 Å². The van der Waals surface area contributed by atoms with Gasteiger partial charge in [0.15, 0.2) is 0 Å². The van der Waals surface area contributed by atoms with Gasteiger partial charge in [0.05, 0.1) is 0 Å². The van der Waals surface area contributed by atoms with Crippen molar-refractivity contribution in [3.05, 3.63) is 167 Å². The van der Waals surface area contributed by atoms with E-state index in [1.807, 2.05) is 0 Å². The molecular formula is C51H56OP2. The van der Waals surface area contributed by atoms with Crippen molar-refractivity contribution in [2.24, 2.45) is 0 Å². The first-order chi connectivity index (χ1) is 25.7. The van der Waals surface area contributed by atoms with E-state index in [9.17, 15) is 0 Å². The number of aryl methyl sites for hydroxylation is 2. The summed E-state index contributed by atoms with van der Waals surface area (Å²) in [7, 11) is -1.89. The molecule has 0 amide bonds. The molecule has 276 valence electrons. The quantitative estimate of drug-likeness (QED) is 0.141. The van der Waals surface area contributed by atoms with E-state index in [1.54, 1.807) is 0 Å². The summed E-state index contributed by atoms with van der Waals surface area (Å²) in [6, 6.07) is 50.5. The summed E-state index contributed by atoms with van der Waals surface area (Å²) >= 11 is 0. The Morgan fingerprint density at radius 1 is 0.463 bits per heavy atom. The van der Waals surface area contributed by atoms with Crippen LogP contribution in [0, 0.1) is 0 Å². The molecule has 0 fully saturated rings. The van der Waals surface area contributed by atoms with Gasteiger partial charge >= 0.3 is 0 Å². The molecule has 1 aliphatic rings. The largest absolute Gasteiger partial charge is 0.455 e. The number of benzene rings is 6. The van der Waals surface area contributed by atoms with E-state index >= 15 is 0 Å². The highest BCUT2D eigenvalue weighted by molar-refractivity contribution is 7.80. The van der Waals surface area contributed by atoms with Gasteiger partial charge in [0.25, 0.3) is 0 Å². The van der Waals surface area contributed by atoms with Gasteiger partial charge in [-0.25, -0.2) is 0 Å².